The van der Waals surface area contributed by atoms with E-state index in [1.54, 1.807) is 4.90 Å². The molecule has 1 saturated heterocycles. The van der Waals surface area contributed by atoms with Gasteiger partial charge in [-0.05, 0) is 19.7 Å². The second-order valence-corrected chi connectivity index (χ2v) is 5.34. The fourth-order valence-corrected chi connectivity index (χ4v) is 2.74. The van der Waals surface area contributed by atoms with Gasteiger partial charge < -0.3 is 9.84 Å². The Hall–Kier alpha value is -1.43. The van der Waals surface area contributed by atoms with Gasteiger partial charge in [0.1, 0.15) is 0 Å². The van der Waals surface area contributed by atoms with Crippen molar-refractivity contribution in [1.82, 2.24) is 9.80 Å². The average molecular weight is 278 g/mol. The number of rotatable bonds is 5. The number of morpholine rings is 1. The molecule has 0 bridgehead atoms. The van der Waals surface area contributed by atoms with Crippen LogP contribution < -0.4 is 0 Å². The maximum absolute atomic E-state index is 10.8. The second kappa shape index (κ2) is 6.83. The third-order valence-corrected chi connectivity index (χ3v) is 3.64. The van der Waals surface area contributed by atoms with Gasteiger partial charge >= 0.3 is 5.97 Å². The molecular formula is C15H22N2O3. The largest absolute Gasteiger partial charge is 0.480 e. The Morgan fingerprint density at radius 1 is 1.45 bits per heavy atom. The molecule has 0 spiro atoms. The van der Waals surface area contributed by atoms with Gasteiger partial charge in [-0.15, -0.1) is 0 Å². The second-order valence-electron chi connectivity index (χ2n) is 5.34. The number of carboxylic acids is 1. The smallest absolute Gasteiger partial charge is 0.317 e. The lowest BCUT2D eigenvalue weighted by Crippen LogP contribution is -2.48. The lowest BCUT2D eigenvalue weighted by atomic mass is 9.98. The monoisotopic (exact) mass is 278 g/mol. The lowest BCUT2D eigenvalue weighted by Gasteiger charge is -2.40. The van der Waals surface area contributed by atoms with Crippen LogP contribution in [0.2, 0.25) is 0 Å². The Balaban J connectivity index is 2.10. The van der Waals surface area contributed by atoms with E-state index < -0.39 is 5.97 Å². The maximum atomic E-state index is 10.8. The Kier molecular flexibility index (Phi) is 5.11. The van der Waals surface area contributed by atoms with Gasteiger partial charge in [-0.1, -0.05) is 30.3 Å². The van der Waals surface area contributed by atoms with Gasteiger partial charge in [0, 0.05) is 13.1 Å². The number of carbonyl (C=O) groups is 1. The molecule has 0 unspecified atom stereocenters. The molecule has 0 amide bonds. The zero-order chi connectivity index (χ0) is 14.5. The van der Waals surface area contributed by atoms with Gasteiger partial charge in [-0.25, -0.2) is 0 Å². The predicted octanol–water partition coefficient (Wildman–Crippen LogP) is 1.07. The van der Waals surface area contributed by atoms with Gasteiger partial charge in [0.2, 0.25) is 0 Å². The zero-order valence-electron chi connectivity index (χ0n) is 12.0. The highest BCUT2D eigenvalue weighted by molar-refractivity contribution is 5.69. The lowest BCUT2D eigenvalue weighted by molar-refractivity contribution is -0.139. The normalized spacial score (nSPS) is 23.9. The number of hydrogen-bond acceptors (Lipinski definition) is 4. The number of aliphatic carboxylic acids is 1. The summed E-state index contributed by atoms with van der Waals surface area (Å²) in [5, 5.41) is 8.86. The highest BCUT2D eigenvalue weighted by atomic mass is 16.5. The van der Waals surface area contributed by atoms with E-state index in [1.165, 1.54) is 5.56 Å². The minimum absolute atomic E-state index is 0.0134. The summed E-state index contributed by atoms with van der Waals surface area (Å²) >= 11 is 0. The molecule has 1 fully saturated rings. The maximum Gasteiger partial charge on any atom is 0.317 e. The summed E-state index contributed by atoms with van der Waals surface area (Å²) < 4.78 is 5.89. The van der Waals surface area contributed by atoms with E-state index in [1.807, 2.05) is 25.2 Å². The number of nitrogens with zero attached hydrogens (tertiary/aromatic N) is 2. The predicted molar refractivity (Wildman–Crippen MR) is 76.7 cm³/mol. The summed E-state index contributed by atoms with van der Waals surface area (Å²) in [7, 11) is 3.90. The van der Waals surface area contributed by atoms with E-state index in [2.05, 4.69) is 24.1 Å². The quantitative estimate of drug-likeness (QED) is 0.873. The standard InChI is InChI=1S/C15H22N2O3/c1-16(11-14(18)19)10-13-15(17(2)8-9-20-13)12-6-4-3-5-7-12/h3-7,13,15H,8-11H2,1-2H3,(H,18,19)/t13-,15-/m0/s1. The highest BCUT2D eigenvalue weighted by Gasteiger charge is 2.32. The van der Waals surface area contributed by atoms with Crippen molar-refractivity contribution in [2.24, 2.45) is 0 Å². The highest BCUT2D eigenvalue weighted by Crippen LogP contribution is 2.28. The number of likely N-dealkylation sites (N-methyl/N-ethyl adjacent to an activating group) is 2. The first-order valence-corrected chi connectivity index (χ1v) is 6.85. The van der Waals surface area contributed by atoms with Crippen LogP contribution in [-0.2, 0) is 9.53 Å². The Morgan fingerprint density at radius 2 is 2.15 bits per heavy atom. The third-order valence-electron chi connectivity index (χ3n) is 3.64. The molecule has 0 aromatic heterocycles. The summed E-state index contributed by atoms with van der Waals surface area (Å²) in [6.45, 7) is 2.21. The van der Waals surface area contributed by atoms with Crippen LogP contribution in [0.25, 0.3) is 0 Å². The molecule has 110 valence electrons. The van der Waals surface area contributed by atoms with Crippen LogP contribution in [0.5, 0.6) is 0 Å². The van der Waals surface area contributed by atoms with Crippen LogP contribution in [0.3, 0.4) is 0 Å². The molecule has 5 nitrogen and oxygen atoms in total. The van der Waals surface area contributed by atoms with E-state index in [0.717, 1.165) is 6.54 Å². The average Bonchev–Trinajstić information content (AvgIpc) is 2.39. The molecule has 1 aliphatic rings. The van der Waals surface area contributed by atoms with Crippen molar-refractivity contribution >= 4 is 5.97 Å². The van der Waals surface area contributed by atoms with Crippen LogP contribution in [0, 0.1) is 0 Å². The zero-order valence-corrected chi connectivity index (χ0v) is 12.0. The minimum Gasteiger partial charge on any atom is -0.480 e. The molecule has 1 heterocycles. The van der Waals surface area contributed by atoms with E-state index in [4.69, 9.17) is 9.84 Å². The summed E-state index contributed by atoms with van der Waals surface area (Å²) in [5.41, 5.74) is 1.21. The fourth-order valence-electron chi connectivity index (χ4n) is 2.74. The van der Waals surface area contributed by atoms with Gasteiger partial charge in [0.15, 0.2) is 0 Å². The molecule has 1 aliphatic heterocycles. The Bertz CT molecular complexity index is 438. The summed E-state index contributed by atoms with van der Waals surface area (Å²) in [6.07, 6.45) is -0.0134. The van der Waals surface area contributed by atoms with Gasteiger partial charge in [0.25, 0.3) is 0 Å². The topological polar surface area (TPSA) is 53.0 Å². The van der Waals surface area contributed by atoms with Gasteiger partial charge in [-0.3, -0.25) is 14.6 Å². The first-order valence-electron chi connectivity index (χ1n) is 6.85. The van der Waals surface area contributed by atoms with E-state index in [9.17, 15) is 4.79 Å². The molecule has 2 rings (SSSR count). The van der Waals surface area contributed by atoms with Crippen molar-refractivity contribution in [2.45, 2.75) is 12.1 Å². The van der Waals surface area contributed by atoms with Crippen molar-refractivity contribution in [3.8, 4) is 0 Å². The van der Waals surface area contributed by atoms with Crippen molar-refractivity contribution < 1.29 is 14.6 Å². The van der Waals surface area contributed by atoms with Crippen molar-refractivity contribution in [1.29, 1.82) is 0 Å². The molecule has 2 atom stereocenters. The van der Waals surface area contributed by atoms with Crippen LogP contribution in [0.15, 0.2) is 30.3 Å². The van der Waals surface area contributed by atoms with Crippen LogP contribution in [0.1, 0.15) is 11.6 Å². The van der Waals surface area contributed by atoms with Crippen LogP contribution in [-0.4, -0.2) is 67.3 Å². The summed E-state index contributed by atoms with van der Waals surface area (Å²) in [4.78, 5) is 14.8. The van der Waals surface area contributed by atoms with Crippen molar-refractivity contribution in [2.75, 3.05) is 40.3 Å². The van der Waals surface area contributed by atoms with Crippen LogP contribution >= 0.6 is 0 Å². The van der Waals surface area contributed by atoms with Crippen molar-refractivity contribution in [3.63, 3.8) is 0 Å². The fraction of sp³-hybridized carbons (Fsp3) is 0.533. The van der Waals surface area contributed by atoms with E-state index >= 15 is 0 Å². The Labute approximate surface area is 119 Å². The SMILES string of the molecule is CN(CC(=O)O)C[C@@H]1OCCN(C)[C@H]1c1ccccc1. The minimum atomic E-state index is -0.812. The first kappa shape index (κ1) is 15.0. The molecule has 1 N–H and O–H groups in total. The molecule has 0 radical (unpaired) electrons. The van der Waals surface area contributed by atoms with Gasteiger partial charge in [-0.2, -0.15) is 0 Å². The van der Waals surface area contributed by atoms with E-state index in [0.29, 0.717) is 13.2 Å². The molecule has 0 saturated carbocycles. The molecule has 20 heavy (non-hydrogen) atoms. The van der Waals surface area contributed by atoms with Crippen molar-refractivity contribution in [3.05, 3.63) is 35.9 Å². The molecular weight excluding hydrogens is 256 g/mol. The van der Waals surface area contributed by atoms with Crippen LogP contribution in [0.4, 0.5) is 0 Å². The Morgan fingerprint density at radius 3 is 2.80 bits per heavy atom. The summed E-state index contributed by atoms with van der Waals surface area (Å²) in [5.74, 6) is -0.812. The summed E-state index contributed by atoms with van der Waals surface area (Å²) in [6, 6.07) is 10.4. The molecule has 0 aliphatic carbocycles. The van der Waals surface area contributed by atoms with Gasteiger partial charge in [0.05, 0.1) is 25.3 Å². The third kappa shape index (κ3) is 3.79. The number of benzene rings is 1. The van der Waals surface area contributed by atoms with E-state index in [-0.39, 0.29) is 18.7 Å². The molecule has 1 aromatic rings. The first-order chi connectivity index (χ1) is 9.58. The number of hydrogen-bond donors (Lipinski definition) is 1. The molecule has 5 heteroatoms. The molecule has 1 aromatic carbocycles. The number of carboxylic acid groups (broad SMARTS) is 1. The number of ether oxygens (including phenoxy) is 1.